The van der Waals surface area contributed by atoms with E-state index in [1.54, 1.807) is 0 Å². The summed E-state index contributed by atoms with van der Waals surface area (Å²) in [7, 11) is 1.44. The molecule has 1 rings (SSSR count). The van der Waals surface area contributed by atoms with Gasteiger partial charge < -0.3 is 9.84 Å². The molecular formula is C5H4BrNO3S. The van der Waals surface area contributed by atoms with Crippen LogP contribution in [0.2, 0.25) is 0 Å². The first-order valence-electron chi connectivity index (χ1n) is 2.58. The quantitative estimate of drug-likeness (QED) is 0.850. The maximum absolute atomic E-state index is 10.4. The number of carbonyl (C=O) groups is 1. The molecule has 0 aliphatic carbocycles. The van der Waals surface area contributed by atoms with E-state index in [1.165, 1.54) is 7.11 Å². The van der Waals surface area contributed by atoms with Crippen molar-refractivity contribution in [3.8, 4) is 5.19 Å². The van der Waals surface area contributed by atoms with Crippen molar-refractivity contribution in [1.82, 2.24) is 4.98 Å². The van der Waals surface area contributed by atoms with Crippen molar-refractivity contribution < 1.29 is 14.6 Å². The minimum atomic E-state index is -1.00. The van der Waals surface area contributed by atoms with Gasteiger partial charge in [-0.1, -0.05) is 11.3 Å². The summed E-state index contributed by atoms with van der Waals surface area (Å²) in [6.07, 6.45) is 0. The molecule has 6 heteroatoms. The van der Waals surface area contributed by atoms with E-state index < -0.39 is 5.97 Å². The lowest BCUT2D eigenvalue weighted by Gasteiger charge is -1.85. The molecule has 0 saturated heterocycles. The van der Waals surface area contributed by atoms with E-state index in [9.17, 15) is 4.79 Å². The van der Waals surface area contributed by atoms with Crippen LogP contribution >= 0.6 is 27.3 Å². The maximum Gasteiger partial charge on any atom is 0.348 e. The molecule has 0 radical (unpaired) electrons. The Morgan fingerprint density at radius 1 is 1.82 bits per heavy atom. The molecule has 11 heavy (non-hydrogen) atoms. The summed E-state index contributed by atoms with van der Waals surface area (Å²) in [6, 6.07) is 0. The van der Waals surface area contributed by atoms with Gasteiger partial charge in [-0.3, -0.25) is 0 Å². The van der Waals surface area contributed by atoms with Gasteiger partial charge in [-0.05, 0) is 15.9 Å². The predicted octanol–water partition coefficient (Wildman–Crippen LogP) is 1.61. The monoisotopic (exact) mass is 237 g/mol. The molecule has 0 spiro atoms. The summed E-state index contributed by atoms with van der Waals surface area (Å²) in [5, 5.41) is 8.90. The van der Waals surface area contributed by atoms with Gasteiger partial charge in [-0.25, -0.2) is 4.79 Å². The van der Waals surface area contributed by atoms with Crippen LogP contribution in [0, 0.1) is 0 Å². The lowest BCUT2D eigenvalue weighted by Crippen LogP contribution is -1.91. The smallest absolute Gasteiger partial charge is 0.348 e. The number of carboxylic acids is 1. The minimum absolute atomic E-state index is 0.154. The summed E-state index contributed by atoms with van der Waals surface area (Å²) in [5.74, 6) is -1.00. The number of carboxylic acid groups (broad SMARTS) is 1. The average molecular weight is 238 g/mol. The topological polar surface area (TPSA) is 59.4 Å². The number of hydrogen-bond donors (Lipinski definition) is 1. The van der Waals surface area contributed by atoms with Crippen molar-refractivity contribution in [2.45, 2.75) is 0 Å². The van der Waals surface area contributed by atoms with Crippen LogP contribution in [0.25, 0.3) is 0 Å². The van der Waals surface area contributed by atoms with Crippen LogP contribution in [0.3, 0.4) is 0 Å². The average Bonchev–Trinajstić information content (AvgIpc) is 2.30. The van der Waals surface area contributed by atoms with E-state index in [2.05, 4.69) is 20.9 Å². The summed E-state index contributed by atoms with van der Waals surface area (Å²) in [5.41, 5.74) is 0. The molecule has 0 bridgehead atoms. The SMILES string of the molecule is COc1nc(Br)c(C(=O)O)s1. The summed E-state index contributed by atoms with van der Waals surface area (Å²) >= 11 is 3.98. The highest BCUT2D eigenvalue weighted by Gasteiger charge is 2.14. The molecule has 0 aliphatic heterocycles. The van der Waals surface area contributed by atoms with Crippen molar-refractivity contribution in [3.05, 3.63) is 9.48 Å². The number of hydrogen-bond acceptors (Lipinski definition) is 4. The van der Waals surface area contributed by atoms with Crippen molar-refractivity contribution in [1.29, 1.82) is 0 Å². The van der Waals surface area contributed by atoms with E-state index in [0.717, 1.165) is 11.3 Å². The largest absolute Gasteiger partial charge is 0.477 e. The number of aromatic nitrogens is 1. The highest BCUT2D eigenvalue weighted by atomic mass is 79.9. The second-order valence-corrected chi connectivity index (χ2v) is 3.32. The third-order valence-corrected chi connectivity index (χ3v) is 2.78. The lowest BCUT2D eigenvalue weighted by molar-refractivity contribution is 0.0701. The predicted molar refractivity (Wildman–Crippen MR) is 43.3 cm³/mol. The van der Waals surface area contributed by atoms with Gasteiger partial charge in [-0.2, -0.15) is 4.98 Å². The van der Waals surface area contributed by atoms with E-state index in [4.69, 9.17) is 9.84 Å². The Balaban J connectivity index is 3.07. The highest BCUT2D eigenvalue weighted by molar-refractivity contribution is 9.10. The van der Waals surface area contributed by atoms with Crippen LogP contribution in [-0.2, 0) is 0 Å². The van der Waals surface area contributed by atoms with Gasteiger partial charge in [0, 0.05) is 0 Å². The number of methoxy groups -OCH3 is 1. The zero-order valence-electron chi connectivity index (χ0n) is 5.50. The summed E-state index contributed by atoms with van der Waals surface area (Å²) in [6.45, 7) is 0. The van der Waals surface area contributed by atoms with Crippen LogP contribution in [0.4, 0.5) is 0 Å². The van der Waals surface area contributed by atoms with Gasteiger partial charge in [0.1, 0.15) is 9.48 Å². The number of aromatic carboxylic acids is 1. The fourth-order valence-corrected chi connectivity index (χ4v) is 1.81. The van der Waals surface area contributed by atoms with Gasteiger partial charge in [0.05, 0.1) is 7.11 Å². The molecule has 1 heterocycles. The van der Waals surface area contributed by atoms with Gasteiger partial charge >= 0.3 is 5.97 Å². The maximum atomic E-state index is 10.4. The number of nitrogens with zero attached hydrogens (tertiary/aromatic N) is 1. The van der Waals surface area contributed by atoms with Gasteiger partial charge in [0.2, 0.25) is 0 Å². The molecule has 0 amide bonds. The molecule has 0 atom stereocenters. The van der Waals surface area contributed by atoms with Gasteiger partial charge in [-0.15, -0.1) is 0 Å². The molecule has 1 aromatic rings. The Hall–Kier alpha value is -0.620. The number of halogens is 1. The number of rotatable bonds is 2. The third kappa shape index (κ3) is 1.69. The molecular weight excluding hydrogens is 234 g/mol. The minimum Gasteiger partial charge on any atom is -0.477 e. The van der Waals surface area contributed by atoms with Crippen molar-refractivity contribution in [2.75, 3.05) is 7.11 Å². The Morgan fingerprint density at radius 3 is 2.73 bits per heavy atom. The Labute approximate surface area is 75.0 Å². The zero-order valence-corrected chi connectivity index (χ0v) is 7.90. The fraction of sp³-hybridized carbons (Fsp3) is 0.200. The van der Waals surface area contributed by atoms with Crippen LogP contribution < -0.4 is 4.74 Å². The van der Waals surface area contributed by atoms with Crippen LogP contribution in [0.1, 0.15) is 9.67 Å². The number of ether oxygens (including phenoxy) is 1. The van der Waals surface area contributed by atoms with E-state index in [1.807, 2.05) is 0 Å². The second kappa shape index (κ2) is 3.19. The van der Waals surface area contributed by atoms with Gasteiger partial charge in [0.25, 0.3) is 5.19 Å². The molecule has 0 unspecified atom stereocenters. The van der Waals surface area contributed by atoms with E-state index in [-0.39, 0.29) is 4.88 Å². The summed E-state index contributed by atoms with van der Waals surface area (Å²) in [4.78, 5) is 14.4. The Bertz CT molecular complexity index is 285. The van der Waals surface area contributed by atoms with Crippen LogP contribution in [0.5, 0.6) is 5.19 Å². The first-order valence-corrected chi connectivity index (χ1v) is 4.19. The molecule has 60 valence electrons. The molecule has 0 fully saturated rings. The molecule has 0 aromatic carbocycles. The second-order valence-electron chi connectivity index (χ2n) is 1.61. The molecule has 0 saturated carbocycles. The first kappa shape index (κ1) is 8.48. The number of thiazole rings is 1. The zero-order chi connectivity index (χ0) is 8.43. The standard InChI is InChI=1S/C5H4BrNO3S/c1-10-5-7-3(6)2(11-5)4(8)9/h1H3,(H,8,9). The van der Waals surface area contributed by atoms with Crippen LogP contribution in [-0.4, -0.2) is 23.2 Å². The molecule has 1 aromatic heterocycles. The molecule has 0 aliphatic rings. The molecule has 4 nitrogen and oxygen atoms in total. The first-order chi connectivity index (χ1) is 5.15. The van der Waals surface area contributed by atoms with E-state index >= 15 is 0 Å². The van der Waals surface area contributed by atoms with Gasteiger partial charge in [0.15, 0.2) is 0 Å². The fourth-order valence-electron chi connectivity index (χ4n) is 0.502. The van der Waals surface area contributed by atoms with Crippen molar-refractivity contribution in [2.24, 2.45) is 0 Å². The summed E-state index contributed by atoms with van der Waals surface area (Å²) < 4.78 is 5.05. The Morgan fingerprint density at radius 2 is 2.45 bits per heavy atom. The highest BCUT2D eigenvalue weighted by Crippen LogP contribution is 2.28. The molecule has 1 N–H and O–H groups in total. The van der Waals surface area contributed by atoms with Crippen molar-refractivity contribution >= 4 is 33.2 Å². The van der Waals surface area contributed by atoms with Crippen molar-refractivity contribution in [3.63, 3.8) is 0 Å². The third-order valence-electron chi connectivity index (χ3n) is 0.935. The lowest BCUT2D eigenvalue weighted by atomic mass is 10.6. The van der Waals surface area contributed by atoms with E-state index in [0.29, 0.717) is 9.80 Å². The Kier molecular flexibility index (Phi) is 2.45. The normalized spacial score (nSPS) is 9.64. The van der Waals surface area contributed by atoms with Crippen LogP contribution in [0.15, 0.2) is 4.60 Å².